The van der Waals surface area contributed by atoms with Gasteiger partial charge in [-0.25, -0.2) is 4.98 Å². The Hall–Kier alpha value is -2.46. The molecule has 194 valence electrons. The summed E-state index contributed by atoms with van der Waals surface area (Å²) < 4.78 is 0. The van der Waals surface area contributed by atoms with E-state index in [-0.39, 0.29) is 5.91 Å². The molecule has 0 saturated heterocycles. The van der Waals surface area contributed by atoms with Gasteiger partial charge in [-0.15, -0.1) is 11.3 Å². The second kappa shape index (κ2) is 14.9. The zero-order valence-corrected chi connectivity index (χ0v) is 23.5. The molecular weight excluding hydrogens is 460 g/mol. The molecule has 1 amide bonds. The van der Waals surface area contributed by atoms with E-state index in [9.17, 15) is 4.79 Å². The normalized spacial score (nSPS) is 12.9. The highest BCUT2D eigenvalue weighted by molar-refractivity contribution is 7.10. The van der Waals surface area contributed by atoms with Gasteiger partial charge in [0, 0.05) is 22.5 Å². The number of unbranched alkanes of at least 4 members (excludes halogenated alkanes) is 2. The van der Waals surface area contributed by atoms with Gasteiger partial charge in [0.2, 0.25) is 0 Å². The lowest BCUT2D eigenvalue weighted by Crippen LogP contribution is -2.13. The first-order chi connectivity index (χ1) is 17.5. The quantitative estimate of drug-likeness (QED) is 0.209. The minimum Gasteiger partial charge on any atom is -0.320 e. The highest BCUT2D eigenvalue weighted by Crippen LogP contribution is 2.32. The molecule has 0 bridgehead atoms. The fourth-order valence-corrected chi connectivity index (χ4v) is 5.92. The van der Waals surface area contributed by atoms with Crippen molar-refractivity contribution in [1.29, 1.82) is 0 Å². The van der Waals surface area contributed by atoms with Crippen molar-refractivity contribution in [3.8, 4) is 11.1 Å². The van der Waals surface area contributed by atoms with E-state index in [2.05, 4.69) is 63.3 Å². The fourth-order valence-electron chi connectivity index (χ4n) is 4.95. The summed E-state index contributed by atoms with van der Waals surface area (Å²) in [6.45, 7) is 8.95. The number of aromatic nitrogens is 1. The van der Waals surface area contributed by atoms with Gasteiger partial charge in [0.15, 0.2) is 0 Å². The summed E-state index contributed by atoms with van der Waals surface area (Å²) in [6, 6.07) is 16.4. The van der Waals surface area contributed by atoms with Crippen LogP contribution in [-0.4, -0.2) is 10.9 Å². The van der Waals surface area contributed by atoms with Gasteiger partial charge in [-0.2, -0.15) is 0 Å². The molecule has 0 aliphatic rings. The summed E-state index contributed by atoms with van der Waals surface area (Å²) in [5.74, 6) is 1.21. The smallest absolute Gasteiger partial charge is 0.275 e. The number of carbonyl (C=O) groups is 1. The summed E-state index contributed by atoms with van der Waals surface area (Å²) in [5.41, 5.74) is 4.69. The van der Waals surface area contributed by atoms with Crippen LogP contribution in [0.2, 0.25) is 0 Å². The molecular formula is C32H44N2OS. The maximum Gasteiger partial charge on any atom is 0.275 e. The van der Waals surface area contributed by atoms with Crippen LogP contribution in [0.1, 0.15) is 112 Å². The van der Waals surface area contributed by atoms with Gasteiger partial charge in [-0.3, -0.25) is 4.79 Å². The number of nitrogens with zero attached hydrogens (tertiary/aromatic N) is 1. The molecule has 3 rings (SSSR count). The molecule has 0 aliphatic carbocycles. The Labute approximate surface area is 222 Å². The Morgan fingerprint density at radius 2 is 1.61 bits per heavy atom. The van der Waals surface area contributed by atoms with Gasteiger partial charge in [0.25, 0.3) is 5.91 Å². The van der Waals surface area contributed by atoms with Gasteiger partial charge in [-0.05, 0) is 37.3 Å². The zero-order valence-electron chi connectivity index (χ0n) is 22.7. The van der Waals surface area contributed by atoms with Crippen molar-refractivity contribution in [2.75, 3.05) is 5.32 Å². The topological polar surface area (TPSA) is 42.0 Å². The molecule has 0 aliphatic heterocycles. The van der Waals surface area contributed by atoms with E-state index in [0.717, 1.165) is 40.6 Å². The first kappa shape index (κ1) is 28.1. The van der Waals surface area contributed by atoms with Crippen molar-refractivity contribution in [1.82, 2.24) is 4.98 Å². The average molecular weight is 505 g/mol. The third-order valence-corrected chi connectivity index (χ3v) is 8.24. The number of hydrogen-bond acceptors (Lipinski definition) is 3. The van der Waals surface area contributed by atoms with Crippen molar-refractivity contribution < 1.29 is 4.79 Å². The van der Waals surface area contributed by atoms with Crippen LogP contribution in [0.15, 0.2) is 53.9 Å². The highest BCUT2D eigenvalue weighted by Gasteiger charge is 2.19. The van der Waals surface area contributed by atoms with Gasteiger partial charge in [-0.1, -0.05) is 120 Å². The van der Waals surface area contributed by atoms with Gasteiger partial charge in [0.05, 0.1) is 5.01 Å². The molecule has 1 N–H and O–H groups in total. The molecule has 0 fully saturated rings. The molecule has 1 aromatic heterocycles. The highest BCUT2D eigenvalue weighted by atomic mass is 32.1. The van der Waals surface area contributed by atoms with Crippen LogP contribution in [0, 0.1) is 12.8 Å². The van der Waals surface area contributed by atoms with Crippen LogP contribution in [0.25, 0.3) is 11.1 Å². The Morgan fingerprint density at radius 3 is 2.33 bits per heavy atom. The lowest BCUT2D eigenvalue weighted by Gasteiger charge is -2.16. The number of nitrogens with one attached hydrogen (secondary N) is 1. The average Bonchev–Trinajstić information content (AvgIpc) is 3.39. The third kappa shape index (κ3) is 8.30. The van der Waals surface area contributed by atoms with Crippen molar-refractivity contribution in [3.05, 3.63) is 70.2 Å². The number of para-hydroxylation sites is 1. The standard InChI is InChI=1S/C32H44N2OS/c1-5-8-14-25(7-3)15-9-10-16-27(13-6-2)32-34-30(23-36-32)31(35)33-29-18-12-11-17-28(29)26-21-19-24(4)20-22-26/h11-12,17-23,25,27H,5-10,13-16H2,1-4H3,(H,33,35). The second-order valence-corrected chi connectivity index (χ2v) is 11.0. The largest absolute Gasteiger partial charge is 0.320 e. The number of carbonyl (C=O) groups excluding carboxylic acids is 1. The maximum atomic E-state index is 13.1. The molecule has 2 atom stereocenters. The van der Waals surface area contributed by atoms with Crippen LogP contribution in [-0.2, 0) is 0 Å². The summed E-state index contributed by atoms with van der Waals surface area (Å²) in [5, 5.41) is 6.16. The molecule has 0 radical (unpaired) electrons. The molecule has 36 heavy (non-hydrogen) atoms. The zero-order chi connectivity index (χ0) is 25.8. The third-order valence-electron chi connectivity index (χ3n) is 7.24. The summed E-state index contributed by atoms with van der Waals surface area (Å²) >= 11 is 1.65. The minimum atomic E-state index is -0.131. The predicted molar refractivity (Wildman–Crippen MR) is 156 cm³/mol. The number of rotatable bonds is 15. The van der Waals surface area contributed by atoms with E-state index in [0.29, 0.717) is 11.6 Å². The molecule has 0 spiro atoms. The number of thiazole rings is 1. The van der Waals surface area contributed by atoms with E-state index >= 15 is 0 Å². The minimum absolute atomic E-state index is 0.131. The van der Waals surface area contributed by atoms with E-state index < -0.39 is 0 Å². The fraction of sp³-hybridized carbons (Fsp3) is 0.500. The predicted octanol–water partition coefficient (Wildman–Crippen LogP) is 10.0. The molecule has 0 saturated carbocycles. The van der Waals surface area contributed by atoms with Crippen LogP contribution in [0.4, 0.5) is 5.69 Å². The van der Waals surface area contributed by atoms with Crippen LogP contribution in [0.3, 0.4) is 0 Å². The van der Waals surface area contributed by atoms with Crippen molar-refractivity contribution >= 4 is 22.9 Å². The first-order valence-corrected chi connectivity index (χ1v) is 14.9. The van der Waals surface area contributed by atoms with Gasteiger partial charge < -0.3 is 5.32 Å². The van der Waals surface area contributed by atoms with Crippen molar-refractivity contribution in [2.45, 2.75) is 97.8 Å². The Bertz CT molecular complexity index is 1060. The van der Waals surface area contributed by atoms with Crippen LogP contribution in [0.5, 0.6) is 0 Å². The number of anilines is 1. The number of amides is 1. The first-order valence-electron chi connectivity index (χ1n) is 14.0. The molecule has 3 nitrogen and oxygen atoms in total. The number of hydrogen-bond donors (Lipinski definition) is 1. The maximum absolute atomic E-state index is 13.1. The van der Waals surface area contributed by atoms with Crippen LogP contribution < -0.4 is 5.32 Å². The van der Waals surface area contributed by atoms with Crippen LogP contribution >= 0.6 is 11.3 Å². The Kier molecular flexibility index (Phi) is 11.7. The second-order valence-electron chi connectivity index (χ2n) is 10.1. The van der Waals surface area contributed by atoms with E-state index in [1.807, 2.05) is 23.6 Å². The van der Waals surface area contributed by atoms with Crippen molar-refractivity contribution in [3.63, 3.8) is 0 Å². The van der Waals surface area contributed by atoms with Gasteiger partial charge >= 0.3 is 0 Å². The molecule has 3 aromatic rings. The van der Waals surface area contributed by atoms with E-state index in [1.165, 1.54) is 56.9 Å². The van der Waals surface area contributed by atoms with Gasteiger partial charge in [0.1, 0.15) is 5.69 Å². The monoisotopic (exact) mass is 504 g/mol. The molecule has 2 aromatic carbocycles. The summed E-state index contributed by atoms with van der Waals surface area (Å²) in [7, 11) is 0. The molecule has 4 heteroatoms. The Morgan fingerprint density at radius 1 is 0.889 bits per heavy atom. The molecule has 2 unspecified atom stereocenters. The lowest BCUT2D eigenvalue weighted by molar-refractivity contribution is 0.102. The summed E-state index contributed by atoms with van der Waals surface area (Å²) in [6.07, 6.45) is 12.7. The lowest BCUT2D eigenvalue weighted by atomic mass is 9.91. The van der Waals surface area contributed by atoms with Crippen molar-refractivity contribution in [2.24, 2.45) is 5.92 Å². The number of aryl methyl sites for hydroxylation is 1. The Balaban J connectivity index is 1.61. The number of benzene rings is 2. The molecule has 1 heterocycles. The summed E-state index contributed by atoms with van der Waals surface area (Å²) in [4.78, 5) is 17.9. The van der Waals surface area contributed by atoms with E-state index in [4.69, 9.17) is 4.98 Å². The van der Waals surface area contributed by atoms with E-state index in [1.54, 1.807) is 11.3 Å². The SMILES string of the molecule is CCCCC(CC)CCCCC(CCC)c1nc(C(=O)Nc2ccccc2-c2ccc(C)cc2)cs1.